The first-order valence-electron chi connectivity index (χ1n) is 5.84. The topological polar surface area (TPSA) is 13.1 Å². The molecule has 0 fully saturated rings. The van der Waals surface area contributed by atoms with Gasteiger partial charge in [-0.15, -0.1) is 0 Å². The van der Waals surface area contributed by atoms with Gasteiger partial charge in [-0.2, -0.15) is 0 Å². The molecule has 0 aliphatic heterocycles. The van der Waals surface area contributed by atoms with E-state index in [1.807, 2.05) is 6.07 Å². The summed E-state index contributed by atoms with van der Waals surface area (Å²) in [5.74, 6) is 1.06. The third-order valence-corrected chi connectivity index (χ3v) is 3.20. The van der Waals surface area contributed by atoms with Crippen LogP contribution in [0.2, 0.25) is 0 Å². The Kier molecular flexibility index (Phi) is 2.45. The lowest BCUT2D eigenvalue weighted by Gasteiger charge is -2.05. The predicted octanol–water partition coefficient (Wildman–Crippen LogP) is 4.33. The van der Waals surface area contributed by atoms with Gasteiger partial charge < -0.3 is 4.42 Å². The van der Waals surface area contributed by atoms with Crippen LogP contribution in [-0.2, 0) is 6.42 Å². The number of furan rings is 1. The van der Waals surface area contributed by atoms with Gasteiger partial charge in [-0.05, 0) is 34.9 Å². The third-order valence-electron chi connectivity index (χ3n) is 3.20. The second kappa shape index (κ2) is 4.10. The van der Waals surface area contributed by atoms with E-state index < -0.39 is 0 Å². The Labute approximate surface area is 101 Å². The molecule has 17 heavy (non-hydrogen) atoms. The summed E-state index contributed by atoms with van der Waals surface area (Å²) in [6, 6.07) is 16.9. The molecular weight excluding hydrogens is 208 g/mol. The van der Waals surface area contributed by atoms with Crippen molar-refractivity contribution in [1.82, 2.24) is 0 Å². The van der Waals surface area contributed by atoms with Gasteiger partial charge in [0.15, 0.2) is 0 Å². The lowest BCUT2D eigenvalue weighted by molar-refractivity contribution is 0.518. The van der Waals surface area contributed by atoms with Gasteiger partial charge >= 0.3 is 0 Å². The summed E-state index contributed by atoms with van der Waals surface area (Å²) in [5, 5.41) is 2.60. The summed E-state index contributed by atoms with van der Waals surface area (Å²) in [7, 11) is 0. The van der Waals surface area contributed by atoms with Crippen molar-refractivity contribution in [3.63, 3.8) is 0 Å². The Morgan fingerprint density at radius 1 is 0.941 bits per heavy atom. The number of benzene rings is 2. The van der Waals surface area contributed by atoms with Crippen LogP contribution in [0.15, 0.2) is 59.2 Å². The van der Waals surface area contributed by atoms with Gasteiger partial charge in [0.1, 0.15) is 5.76 Å². The van der Waals surface area contributed by atoms with Crippen LogP contribution in [0.1, 0.15) is 16.9 Å². The molecule has 0 atom stereocenters. The number of fused-ring (bicyclic) bond motifs is 1. The molecule has 0 aliphatic carbocycles. The van der Waals surface area contributed by atoms with E-state index in [-0.39, 0.29) is 0 Å². The van der Waals surface area contributed by atoms with Crippen molar-refractivity contribution in [2.75, 3.05) is 0 Å². The lowest BCUT2D eigenvalue weighted by atomic mass is 10.0. The Hall–Kier alpha value is -2.02. The second-order valence-electron chi connectivity index (χ2n) is 4.34. The van der Waals surface area contributed by atoms with Crippen molar-refractivity contribution < 1.29 is 4.42 Å². The number of aryl methyl sites for hydroxylation is 1. The van der Waals surface area contributed by atoms with Crippen molar-refractivity contribution in [1.29, 1.82) is 0 Å². The van der Waals surface area contributed by atoms with Crippen molar-refractivity contribution >= 4 is 10.8 Å². The first-order valence-corrected chi connectivity index (χ1v) is 5.84. The number of rotatable bonds is 2. The fourth-order valence-electron chi connectivity index (χ4n) is 2.20. The summed E-state index contributed by atoms with van der Waals surface area (Å²) in [6.45, 7) is 2.09. The molecule has 0 aliphatic rings. The quantitative estimate of drug-likeness (QED) is 0.629. The maximum atomic E-state index is 5.52. The monoisotopic (exact) mass is 222 g/mol. The highest BCUT2D eigenvalue weighted by Crippen LogP contribution is 2.22. The fourth-order valence-corrected chi connectivity index (χ4v) is 2.20. The number of hydrogen-bond donors (Lipinski definition) is 0. The Morgan fingerprint density at radius 3 is 2.59 bits per heavy atom. The average molecular weight is 222 g/mol. The van der Waals surface area contributed by atoms with E-state index >= 15 is 0 Å². The molecule has 0 saturated carbocycles. The largest absolute Gasteiger partial charge is 0.469 e. The normalized spacial score (nSPS) is 10.9. The van der Waals surface area contributed by atoms with Gasteiger partial charge in [-0.25, -0.2) is 0 Å². The first kappa shape index (κ1) is 10.2. The zero-order valence-electron chi connectivity index (χ0n) is 9.81. The van der Waals surface area contributed by atoms with E-state index in [0.717, 1.165) is 12.2 Å². The molecule has 1 nitrogen and oxygen atoms in total. The Balaban J connectivity index is 2.09. The second-order valence-corrected chi connectivity index (χ2v) is 4.34. The predicted molar refractivity (Wildman–Crippen MR) is 70.2 cm³/mol. The minimum absolute atomic E-state index is 0.861. The van der Waals surface area contributed by atoms with Crippen LogP contribution in [0, 0.1) is 6.92 Å². The third kappa shape index (κ3) is 1.84. The molecular formula is C16H14O. The van der Waals surface area contributed by atoms with Crippen LogP contribution in [0.5, 0.6) is 0 Å². The number of hydrogen-bond acceptors (Lipinski definition) is 1. The summed E-state index contributed by atoms with van der Waals surface area (Å²) >= 11 is 0. The highest BCUT2D eigenvalue weighted by molar-refractivity contribution is 5.85. The highest BCUT2D eigenvalue weighted by atomic mass is 16.3. The maximum Gasteiger partial charge on any atom is 0.111 e. The van der Waals surface area contributed by atoms with Crippen molar-refractivity contribution in [2.24, 2.45) is 0 Å². The van der Waals surface area contributed by atoms with E-state index in [1.165, 1.54) is 21.9 Å². The van der Waals surface area contributed by atoms with Crippen LogP contribution >= 0.6 is 0 Å². The molecule has 1 aromatic heterocycles. The smallest absolute Gasteiger partial charge is 0.111 e. The van der Waals surface area contributed by atoms with Crippen LogP contribution in [0.3, 0.4) is 0 Å². The molecule has 3 aromatic rings. The zero-order chi connectivity index (χ0) is 11.7. The van der Waals surface area contributed by atoms with Gasteiger partial charge in [0, 0.05) is 6.42 Å². The van der Waals surface area contributed by atoms with Crippen LogP contribution < -0.4 is 0 Å². The summed E-state index contributed by atoms with van der Waals surface area (Å²) in [6.07, 6.45) is 2.62. The summed E-state index contributed by atoms with van der Waals surface area (Å²) in [5.41, 5.74) is 2.54. The van der Waals surface area contributed by atoms with E-state index in [0.29, 0.717) is 0 Å². The molecule has 1 heterocycles. The molecule has 2 aromatic carbocycles. The van der Waals surface area contributed by atoms with Crippen molar-refractivity contribution in [2.45, 2.75) is 13.3 Å². The minimum atomic E-state index is 0.861. The van der Waals surface area contributed by atoms with E-state index in [4.69, 9.17) is 4.42 Å². The molecule has 0 unspecified atom stereocenters. The van der Waals surface area contributed by atoms with E-state index in [2.05, 4.69) is 49.4 Å². The zero-order valence-corrected chi connectivity index (χ0v) is 9.81. The molecule has 0 radical (unpaired) electrons. The SMILES string of the molecule is Cc1ccoc1Cc1cccc2ccccc12. The Morgan fingerprint density at radius 2 is 1.76 bits per heavy atom. The van der Waals surface area contributed by atoms with E-state index in [1.54, 1.807) is 6.26 Å². The minimum Gasteiger partial charge on any atom is -0.469 e. The molecule has 0 spiro atoms. The molecule has 1 heteroatoms. The van der Waals surface area contributed by atoms with Gasteiger partial charge in [-0.1, -0.05) is 42.5 Å². The van der Waals surface area contributed by atoms with Gasteiger partial charge in [-0.3, -0.25) is 0 Å². The summed E-state index contributed by atoms with van der Waals surface area (Å²) < 4.78 is 5.52. The summed E-state index contributed by atoms with van der Waals surface area (Å²) in [4.78, 5) is 0. The highest BCUT2D eigenvalue weighted by Gasteiger charge is 2.06. The lowest BCUT2D eigenvalue weighted by Crippen LogP contribution is -1.89. The molecule has 84 valence electrons. The standard InChI is InChI=1S/C16H14O/c1-12-9-10-17-16(12)11-14-7-4-6-13-5-2-3-8-15(13)14/h2-10H,11H2,1H3. The van der Waals surface area contributed by atoms with Gasteiger partial charge in [0.2, 0.25) is 0 Å². The van der Waals surface area contributed by atoms with Crippen LogP contribution in [0.25, 0.3) is 10.8 Å². The molecule has 0 amide bonds. The van der Waals surface area contributed by atoms with Crippen LogP contribution in [-0.4, -0.2) is 0 Å². The van der Waals surface area contributed by atoms with Crippen molar-refractivity contribution in [3.05, 3.63) is 71.7 Å². The first-order chi connectivity index (χ1) is 8.34. The fraction of sp³-hybridized carbons (Fsp3) is 0.125. The van der Waals surface area contributed by atoms with Gasteiger partial charge in [0.25, 0.3) is 0 Å². The van der Waals surface area contributed by atoms with Crippen molar-refractivity contribution in [3.8, 4) is 0 Å². The van der Waals surface area contributed by atoms with Crippen LogP contribution in [0.4, 0.5) is 0 Å². The average Bonchev–Trinajstić information content (AvgIpc) is 2.76. The molecule has 3 rings (SSSR count). The molecule has 0 bridgehead atoms. The van der Waals surface area contributed by atoms with E-state index in [9.17, 15) is 0 Å². The molecule has 0 N–H and O–H groups in total. The maximum absolute atomic E-state index is 5.52. The van der Waals surface area contributed by atoms with Gasteiger partial charge in [0.05, 0.1) is 6.26 Å². The molecule has 0 saturated heterocycles. The Bertz CT molecular complexity index is 644.